The number of aromatic nitrogens is 3. The molecule has 5 rings (SSSR count). The van der Waals surface area contributed by atoms with E-state index in [1.165, 1.54) is 16.9 Å². The zero-order valence-electron chi connectivity index (χ0n) is 25.4. The van der Waals surface area contributed by atoms with Crippen molar-refractivity contribution in [1.29, 1.82) is 0 Å². The molecule has 10 nitrogen and oxygen atoms in total. The van der Waals surface area contributed by atoms with Crippen molar-refractivity contribution in [3.63, 3.8) is 0 Å². The topological polar surface area (TPSA) is 143 Å². The third-order valence-corrected chi connectivity index (χ3v) is 7.83. The number of hydrogen-bond donors (Lipinski definition) is 1. The predicted molar refractivity (Wildman–Crippen MR) is 183 cm³/mol. The highest BCUT2D eigenvalue weighted by Gasteiger charge is 2.14. The molecule has 0 bridgehead atoms. The van der Waals surface area contributed by atoms with Gasteiger partial charge in [-0.2, -0.15) is 0 Å². The maximum Gasteiger partial charge on any atom is 0.375 e. The van der Waals surface area contributed by atoms with E-state index >= 15 is 0 Å². The predicted octanol–water partition coefficient (Wildman–Crippen LogP) is 7.13. The van der Waals surface area contributed by atoms with Crippen molar-refractivity contribution in [2.75, 3.05) is 24.3 Å². The van der Waals surface area contributed by atoms with Crippen LogP contribution in [0, 0.1) is 0 Å². The van der Waals surface area contributed by atoms with Gasteiger partial charge in [-0.3, -0.25) is 9.20 Å². The number of hydrogen-bond acceptors (Lipinski definition) is 11. The summed E-state index contributed by atoms with van der Waals surface area (Å²) < 4.78 is 11.2. The smallest absolute Gasteiger partial charge is 0.375 e. The molecule has 3 heterocycles. The van der Waals surface area contributed by atoms with Gasteiger partial charge in [-0.25, -0.2) is 19.6 Å². The van der Waals surface area contributed by atoms with Crippen molar-refractivity contribution in [2.45, 2.75) is 34.1 Å². The van der Waals surface area contributed by atoms with Crippen LogP contribution in [0.1, 0.15) is 44.6 Å². The third-order valence-electron chi connectivity index (χ3n) is 5.40. The van der Waals surface area contributed by atoms with Gasteiger partial charge in [0.25, 0.3) is 0 Å². The van der Waals surface area contributed by atoms with E-state index in [-0.39, 0.29) is 23.7 Å². The number of carbonyl (C=O) groups is 4. The summed E-state index contributed by atoms with van der Waals surface area (Å²) in [6, 6.07) is 20.2. The number of ether oxygens (including phenoxy) is 2. The van der Waals surface area contributed by atoms with Crippen LogP contribution in [-0.2, 0) is 23.9 Å². The summed E-state index contributed by atoms with van der Waals surface area (Å²) in [5.74, 6) is -1.43. The van der Waals surface area contributed by atoms with Crippen molar-refractivity contribution < 1.29 is 28.7 Å². The molecule has 0 saturated heterocycles. The Morgan fingerprint density at radius 3 is 1.84 bits per heavy atom. The molecule has 0 spiro atoms. The fourth-order valence-electron chi connectivity index (χ4n) is 3.12. The normalized spacial score (nSPS) is 9.80. The Balaban J connectivity index is 0.000000234. The average Bonchev–Trinajstić information content (AvgIpc) is 3.78. The fraction of sp³-hybridized carbons (Fsp3) is 0.250. The number of esters is 2. The van der Waals surface area contributed by atoms with Gasteiger partial charge in [0, 0.05) is 25.0 Å². The van der Waals surface area contributed by atoms with Gasteiger partial charge >= 0.3 is 11.9 Å². The number of rotatable bonds is 8. The number of imidazole rings is 1. The lowest BCUT2D eigenvalue weighted by Gasteiger charge is -1.96. The van der Waals surface area contributed by atoms with Crippen LogP contribution < -0.4 is 5.73 Å². The molecule has 2 aromatic carbocycles. The molecule has 0 amide bonds. The Kier molecular flexibility index (Phi) is 16.4. The number of nitrogens with zero attached hydrogens (tertiary/aromatic N) is 3. The molecule has 0 aliphatic heterocycles. The minimum Gasteiger partial charge on any atom is -0.461 e. The summed E-state index contributed by atoms with van der Waals surface area (Å²) in [5, 5.41) is 0.653. The average molecular weight is 716 g/mol. The standard InChI is InChI=1S/C14H12N2O2S.C9H8N2S.C5H7BrO3.C4H8O/c1-2-18-13(17)11-8-16-9-12(19-14(16)15-11)10-6-4-3-5-7-10;10-9-11-6-8(12-9)7-4-2-1-3-5-7;1-2-9-5(8)4(7)3-6;1-3-4(2)5/h3-9H,2H2,1H3;1-6H,(H2,10,11);2-3H2,1H3;3H2,1-2H3. The van der Waals surface area contributed by atoms with Gasteiger partial charge in [-0.15, -0.1) is 0 Å². The summed E-state index contributed by atoms with van der Waals surface area (Å²) in [7, 11) is 0. The second-order valence-corrected chi connectivity index (χ2v) is 11.4. The number of carbonyl (C=O) groups excluding carboxylic acids is 4. The summed E-state index contributed by atoms with van der Waals surface area (Å²) in [6.07, 6.45) is 6.15. The lowest BCUT2D eigenvalue weighted by molar-refractivity contribution is -0.152. The first-order chi connectivity index (χ1) is 21.6. The van der Waals surface area contributed by atoms with Crippen LogP contribution in [-0.4, -0.2) is 56.4 Å². The monoisotopic (exact) mass is 714 g/mol. The van der Waals surface area contributed by atoms with Gasteiger partial charge in [0.05, 0.1) is 28.3 Å². The number of halogens is 1. The van der Waals surface area contributed by atoms with Crippen LogP contribution in [0.2, 0.25) is 0 Å². The lowest BCUT2D eigenvalue weighted by atomic mass is 10.2. The van der Waals surface area contributed by atoms with E-state index in [9.17, 15) is 19.2 Å². The Morgan fingerprint density at radius 2 is 1.40 bits per heavy atom. The van der Waals surface area contributed by atoms with E-state index < -0.39 is 11.8 Å². The molecule has 0 fully saturated rings. The quantitative estimate of drug-likeness (QED) is 0.101. The minimum atomic E-state index is -0.769. The van der Waals surface area contributed by atoms with E-state index in [2.05, 4.69) is 42.8 Å². The molecule has 0 aliphatic carbocycles. The molecule has 238 valence electrons. The van der Waals surface area contributed by atoms with Gasteiger partial charge in [-0.05, 0) is 31.9 Å². The van der Waals surface area contributed by atoms with E-state index in [0.717, 1.165) is 20.3 Å². The number of alkyl halides is 1. The van der Waals surface area contributed by atoms with Crippen molar-refractivity contribution in [1.82, 2.24) is 14.4 Å². The van der Waals surface area contributed by atoms with Crippen LogP contribution >= 0.6 is 38.6 Å². The molecule has 0 atom stereocenters. The first-order valence-electron chi connectivity index (χ1n) is 13.9. The van der Waals surface area contributed by atoms with Gasteiger partial charge in [0.15, 0.2) is 15.8 Å². The molecular weight excluding hydrogens is 680 g/mol. The Labute approximate surface area is 278 Å². The second-order valence-electron chi connectivity index (χ2n) is 8.76. The van der Waals surface area contributed by atoms with Crippen molar-refractivity contribution in [3.05, 3.63) is 84.9 Å². The van der Waals surface area contributed by atoms with Crippen LogP contribution in [0.5, 0.6) is 0 Å². The van der Waals surface area contributed by atoms with Crippen LogP contribution in [0.15, 0.2) is 79.3 Å². The summed E-state index contributed by atoms with van der Waals surface area (Å²) in [4.78, 5) is 53.4. The number of fused-ring (bicyclic) bond motifs is 1. The highest BCUT2D eigenvalue weighted by molar-refractivity contribution is 9.09. The summed E-state index contributed by atoms with van der Waals surface area (Å²) in [5.41, 5.74) is 8.20. The second kappa shape index (κ2) is 20.0. The maximum absolute atomic E-state index is 11.6. The first-order valence-corrected chi connectivity index (χ1v) is 16.6. The number of anilines is 1. The lowest BCUT2D eigenvalue weighted by Crippen LogP contribution is -2.17. The number of nitrogens with two attached hydrogens (primary N) is 1. The minimum absolute atomic E-state index is 0.0336. The number of nitrogen functional groups attached to an aromatic ring is 1. The van der Waals surface area contributed by atoms with Crippen molar-refractivity contribution in [3.8, 4) is 20.9 Å². The Morgan fingerprint density at radius 1 is 0.844 bits per heavy atom. The third kappa shape index (κ3) is 12.7. The first kappa shape index (κ1) is 37.0. The molecule has 13 heteroatoms. The van der Waals surface area contributed by atoms with Gasteiger partial charge in [0.1, 0.15) is 5.78 Å². The number of thiazole rings is 2. The Bertz CT molecular complexity index is 1620. The highest BCUT2D eigenvalue weighted by Crippen LogP contribution is 2.28. The maximum atomic E-state index is 11.6. The van der Waals surface area contributed by atoms with E-state index in [1.54, 1.807) is 44.5 Å². The molecule has 3 aromatic heterocycles. The number of Topliss-reactive ketones (excluding diaryl/α,β-unsaturated/α-hetero) is 2. The van der Waals surface area contributed by atoms with E-state index in [1.807, 2.05) is 66.1 Å². The van der Waals surface area contributed by atoms with Gasteiger partial charge < -0.3 is 20.0 Å². The SMILES string of the molecule is CCC(C)=O.CCOC(=O)C(=O)CBr.CCOC(=O)c1cn2cc(-c3ccccc3)sc2n1.Nc1ncc(-c2ccccc2)s1. The van der Waals surface area contributed by atoms with Crippen LogP contribution in [0.3, 0.4) is 0 Å². The largest absolute Gasteiger partial charge is 0.461 e. The van der Waals surface area contributed by atoms with Crippen LogP contribution in [0.4, 0.5) is 5.13 Å². The molecule has 0 unspecified atom stereocenters. The van der Waals surface area contributed by atoms with Gasteiger partial charge in [-0.1, -0.05) is 106 Å². The molecule has 0 radical (unpaired) electrons. The molecule has 0 aliphatic rings. The van der Waals surface area contributed by atoms with Crippen molar-refractivity contribution >= 4 is 72.2 Å². The molecule has 5 aromatic rings. The van der Waals surface area contributed by atoms with E-state index in [0.29, 0.717) is 23.9 Å². The van der Waals surface area contributed by atoms with Gasteiger partial charge in [0.2, 0.25) is 5.78 Å². The van der Waals surface area contributed by atoms with Crippen molar-refractivity contribution in [2.24, 2.45) is 0 Å². The molecular formula is C32H35BrN4O6S2. The van der Waals surface area contributed by atoms with Crippen LogP contribution in [0.25, 0.3) is 25.8 Å². The number of benzene rings is 2. The summed E-state index contributed by atoms with van der Waals surface area (Å²) >= 11 is 5.89. The Hall–Kier alpha value is -4.20. The number of ketones is 2. The zero-order chi connectivity index (χ0) is 33.2. The highest BCUT2D eigenvalue weighted by atomic mass is 79.9. The summed E-state index contributed by atoms with van der Waals surface area (Å²) in [6.45, 7) is 7.47. The molecule has 0 saturated carbocycles. The molecule has 2 N–H and O–H groups in total. The fourth-order valence-corrected chi connectivity index (χ4v) is 5.02. The van der Waals surface area contributed by atoms with E-state index in [4.69, 9.17) is 10.5 Å². The molecule has 45 heavy (non-hydrogen) atoms. The zero-order valence-corrected chi connectivity index (χ0v) is 28.6.